The van der Waals surface area contributed by atoms with E-state index in [0.717, 1.165) is 12.8 Å². The minimum absolute atomic E-state index is 0.108. The second kappa shape index (κ2) is 15.7. The molecule has 2 nitrogen and oxygen atoms in total. The van der Waals surface area contributed by atoms with Gasteiger partial charge in [-0.1, -0.05) is 149 Å². The summed E-state index contributed by atoms with van der Waals surface area (Å²) in [5.74, 6) is 1.28. The van der Waals surface area contributed by atoms with Crippen molar-refractivity contribution in [1.29, 1.82) is 0 Å². The standard InChI is InChI=1S/C30H60O2Si2/c1-9-11-13-15-17-19-21-23-25-27(33(3,4)5)28-30(29(31)32-28,34(6,7)8)26-24-22-20-18-16-14-12-10-2/h9-26H2,1-8H3/b28-27+. The van der Waals surface area contributed by atoms with Gasteiger partial charge in [-0.25, -0.2) is 0 Å². The first-order chi connectivity index (χ1) is 16.0. The number of allylic oxidation sites excluding steroid dienone is 1. The van der Waals surface area contributed by atoms with Gasteiger partial charge in [0.05, 0.1) is 16.1 Å². The van der Waals surface area contributed by atoms with Crippen LogP contribution in [0.25, 0.3) is 0 Å². The van der Waals surface area contributed by atoms with E-state index in [4.69, 9.17) is 4.74 Å². The van der Waals surface area contributed by atoms with Gasteiger partial charge in [0.2, 0.25) is 0 Å². The largest absolute Gasteiger partial charge is 0.430 e. The molecule has 1 rings (SSSR count). The monoisotopic (exact) mass is 508 g/mol. The zero-order valence-corrected chi connectivity index (χ0v) is 26.5. The van der Waals surface area contributed by atoms with Gasteiger partial charge in [-0.15, -0.1) is 0 Å². The molecule has 1 fully saturated rings. The molecular formula is C30H60O2Si2. The third-order valence-electron chi connectivity index (χ3n) is 8.08. The quantitative estimate of drug-likeness (QED) is 0.0928. The van der Waals surface area contributed by atoms with E-state index in [0.29, 0.717) is 0 Å². The Balaban J connectivity index is 2.80. The smallest absolute Gasteiger partial charge is 0.321 e. The number of cyclic esters (lactones) is 1. The minimum atomic E-state index is -1.76. The molecule has 0 saturated carbocycles. The van der Waals surface area contributed by atoms with Crippen molar-refractivity contribution in [3.8, 4) is 0 Å². The predicted octanol–water partition coefficient (Wildman–Crippen LogP) is 10.8. The molecule has 1 aliphatic heterocycles. The van der Waals surface area contributed by atoms with E-state index in [-0.39, 0.29) is 11.0 Å². The molecule has 1 unspecified atom stereocenters. The average Bonchev–Trinajstić information content (AvgIpc) is 2.74. The van der Waals surface area contributed by atoms with Crippen molar-refractivity contribution in [3.63, 3.8) is 0 Å². The summed E-state index contributed by atoms with van der Waals surface area (Å²) in [6.07, 6.45) is 23.5. The summed E-state index contributed by atoms with van der Waals surface area (Å²) in [5, 5.41) is 1.31. The first kappa shape index (κ1) is 31.7. The number of rotatable bonds is 20. The van der Waals surface area contributed by atoms with E-state index in [2.05, 4.69) is 53.1 Å². The molecule has 0 radical (unpaired) electrons. The van der Waals surface area contributed by atoms with E-state index in [1.807, 2.05) is 0 Å². The van der Waals surface area contributed by atoms with Crippen molar-refractivity contribution >= 4 is 22.1 Å². The van der Waals surface area contributed by atoms with Gasteiger partial charge in [-0.05, 0) is 24.5 Å². The van der Waals surface area contributed by atoms with E-state index < -0.39 is 16.1 Å². The molecule has 0 aromatic carbocycles. The fourth-order valence-corrected chi connectivity index (χ4v) is 10.1. The molecule has 0 aromatic heterocycles. The molecule has 200 valence electrons. The van der Waals surface area contributed by atoms with Crippen molar-refractivity contribution < 1.29 is 9.53 Å². The van der Waals surface area contributed by atoms with Gasteiger partial charge in [0.1, 0.15) is 10.8 Å². The number of esters is 1. The van der Waals surface area contributed by atoms with Crippen LogP contribution < -0.4 is 0 Å². The third-order valence-corrected chi connectivity index (χ3v) is 13.6. The topological polar surface area (TPSA) is 26.3 Å². The Morgan fingerprint density at radius 2 is 1.06 bits per heavy atom. The van der Waals surface area contributed by atoms with Gasteiger partial charge in [0.15, 0.2) is 0 Å². The van der Waals surface area contributed by atoms with Crippen LogP contribution in [0.4, 0.5) is 0 Å². The summed E-state index contributed by atoms with van der Waals surface area (Å²) < 4.78 is 6.03. The van der Waals surface area contributed by atoms with Crippen molar-refractivity contribution in [2.75, 3.05) is 0 Å². The maximum atomic E-state index is 13.2. The van der Waals surface area contributed by atoms with Crippen LogP contribution in [0.1, 0.15) is 129 Å². The molecule has 0 aromatic rings. The van der Waals surface area contributed by atoms with Crippen molar-refractivity contribution in [3.05, 3.63) is 11.0 Å². The van der Waals surface area contributed by atoms with E-state index in [9.17, 15) is 4.79 Å². The Hall–Kier alpha value is -0.356. The van der Waals surface area contributed by atoms with E-state index in [1.165, 1.54) is 108 Å². The van der Waals surface area contributed by atoms with Gasteiger partial charge >= 0.3 is 5.97 Å². The Morgan fingerprint density at radius 3 is 1.44 bits per heavy atom. The summed E-state index contributed by atoms with van der Waals surface area (Å²) in [6.45, 7) is 19.1. The number of carbonyl (C=O) groups excluding carboxylic acids is 1. The molecule has 34 heavy (non-hydrogen) atoms. The van der Waals surface area contributed by atoms with Crippen LogP contribution in [-0.2, 0) is 9.53 Å². The fourth-order valence-electron chi connectivity index (χ4n) is 5.66. The third kappa shape index (κ3) is 9.60. The summed E-state index contributed by atoms with van der Waals surface area (Å²) in [4.78, 5) is 13.2. The molecule has 1 heterocycles. The maximum absolute atomic E-state index is 13.2. The van der Waals surface area contributed by atoms with Crippen LogP contribution in [0.5, 0.6) is 0 Å². The second-order valence-electron chi connectivity index (χ2n) is 13.1. The van der Waals surface area contributed by atoms with Crippen LogP contribution in [0.2, 0.25) is 44.3 Å². The number of ether oxygens (including phenoxy) is 1. The minimum Gasteiger partial charge on any atom is -0.430 e. The molecular weight excluding hydrogens is 449 g/mol. The lowest BCUT2D eigenvalue weighted by Gasteiger charge is -2.51. The Morgan fingerprint density at radius 1 is 0.647 bits per heavy atom. The normalized spacial score (nSPS) is 20.3. The van der Waals surface area contributed by atoms with Gasteiger partial charge in [-0.2, -0.15) is 0 Å². The molecule has 1 atom stereocenters. The maximum Gasteiger partial charge on any atom is 0.321 e. The van der Waals surface area contributed by atoms with Crippen LogP contribution in [0, 0.1) is 0 Å². The lowest BCUT2D eigenvalue weighted by atomic mass is 9.91. The molecule has 0 spiro atoms. The summed E-state index contributed by atoms with van der Waals surface area (Å²) in [6, 6.07) is 0. The molecule has 4 heteroatoms. The molecule has 1 aliphatic rings. The van der Waals surface area contributed by atoms with Gasteiger partial charge in [-0.3, -0.25) is 4.79 Å². The van der Waals surface area contributed by atoms with Crippen molar-refractivity contribution in [1.82, 2.24) is 0 Å². The van der Waals surface area contributed by atoms with Crippen LogP contribution in [-0.4, -0.2) is 22.1 Å². The van der Waals surface area contributed by atoms with Gasteiger partial charge in [0, 0.05) is 0 Å². The first-order valence-corrected chi connectivity index (χ1v) is 22.0. The van der Waals surface area contributed by atoms with E-state index >= 15 is 0 Å². The Labute approximate surface area is 216 Å². The second-order valence-corrected chi connectivity index (χ2v) is 23.5. The Kier molecular flexibility index (Phi) is 14.6. The highest BCUT2D eigenvalue weighted by Gasteiger charge is 2.63. The number of hydrogen-bond donors (Lipinski definition) is 0. The molecule has 0 amide bonds. The zero-order chi connectivity index (χ0) is 25.7. The van der Waals surface area contributed by atoms with Crippen LogP contribution in [0.3, 0.4) is 0 Å². The van der Waals surface area contributed by atoms with Crippen LogP contribution in [0.15, 0.2) is 11.0 Å². The molecule has 1 saturated heterocycles. The van der Waals surface area contributed by atoms with Crippen LogP contribution >= 0.6 is 0 Å². The highest BCUT2D eigenvalue weighted by molar-refractivity contribution is 6.86. The Bertz CT molecular complexity index is 612. The molecule has 0 N–H and O–H groups in total. The summed E-state index contributed by atoms with van der Waals surface area (Å²) in [5.41, 5.74) is 0. The molecule has 0 aliphatic carbocycles. The van der Waals surface area contributed by atoms with E-state index in [1.54, 1.807) is 5.20 Å². The first-order valence-electron chi connectivity index (χ1n) is 15.0. The molecule has 0 bridgehead atoms. The lowest BCUT2D eigenvalue weighted by Crippen LogP contribution is -2.56. The van der Waals surface area contributed by atoms with Gasteiger partial charge < -0.3 is 4.74 Å². The zero-order valence-electron chi connectivity index (χ0n) is 24.5. The number of hydrogen-bond acceptors (Lipinski definition) is 2. The average molecular weight is 509 g/mol. The van der Waals surface area contributed by atoms with Gasteiger partial charge in [0.25, 0.3) is 0 Å². The number of carbonyl (C=O) groups is 1. The van der Waals surface area contributed by atoms with Crippen molar-refractivity contribution in [2.24, 2.45) is 0 Å². The summed E-state index contributed by atoms with van der Waals surface area (Å²) >= 11 is 0. The lowest BCUT2D eigenvalue weighted by molar-refractivity contribution is -0.156. The van der Waals surface area contributed by atoms with Crippen molar-refractivity contribution in [2.45, 2.75) is 174 Å². The highest BCUT2D eigenvalue weighted by Crippen LogP contribution is 2.60. The number of unbranched alkanes of at least 4 members (excludes halogenated alkanes) is 14. The highest BCUT2D eigenvalue weighted by atomic mass is 28.3. The summed E-state index contributed by atoms with van der Waals surface area (Å²) in [7, 11) is -3.31. The predicted molar refractivity (Wildman–Crippen MR) is 157 cm³/mol. The SMILES string of the molecule is CCCCCCCCCC/C(=C1\OC(=O)C1(CCCCCCCCCC)[Si](C)(C)C)[Si](C)(C)C. The fraction of sp³-hybridized carbons (Fsp3) is 0.900.